The van der Waals surface area contributed by atoms with Gasteiger partial charge in [0.05, 0.1) is 0 Å². The van der Waals surface area contributed by atoms with E-state index in [0.717, 1.165) is 26.1 Å². The zero-order valence-corrected chi connectivity index (χ0v) is 13.4. The molecule has 0 unspecified atom stereocenters. The molecule has 3 rings (SSSR count). The molecule has 0 radical (unpaired) electrons. The molecule has 2 aromatic rings. The molecular formula is C18H22NOP. The fraction of sp³-hybridized carbons (Fsp3) is 0.333. The summed E-state index contributed by atoms with van der Waals surface area (Å²) in [6, 6.07) is 22.4. The molecule has 1 saturated heterocycles. The van der Waals surface area contributed by atoms with E-state index in [9.17, 15) is 0 Å². The van der Waals surface area contributed by atoms with Crippen molar-refractivity contribution < 1.29 is 4.74 Å². The van der Waals surface area contributed by atoms with Gasteiger partial charge in [-0.15, -0.1) is 0 Å². The molecule has 110 valence electrons. The van der Waals surface area contributed by atoms with Gasteiger partial charge in [0.15, 0.2) is 0 Å². The first-order valence-electron chi connectivity index (χ1n) is 7.57. The minimum atomic E-state index is -0.457. The maximum Gasteiger partial charge on any atom is 0.0481 e. The van der Waals surface area contributed by atoms with Crippen LogP contribution in [0.15, 0.2) is 60.7 Å². The Balaban J connectivity index is 1.92. The number of hydrogen-bond acceptors (Lipinski definition) is 2. The molecule has 2 aromatic carbocycles. The van der Waals surface area contributed by atoms with Gasteiger partial charge in [-0.3, -0.25) is 4.67 Å². The summed E-state index contributed by atoms with van der Waals surface area (Å²) >= 11 is 0. The van der Waals surface area contributed by atoms with Crippen molar-refractivity contribution in [2.75, 3.05) is 20.3 Å². The second kappa shape index (κ2) is 7.17. The molecule has 21 heavy (non-hydrogen) atoms. The third-order valence-electron chi connectivity index (χ3n) is 4.04. The fourth-order valence-electron chi connectivity index (χ4n) is 2.87. The van der Waals surface area contributed by atoms with Crippen LogP contribution in [-0.2, 0) is 4.74 Å². The van der Waals surface area contributed by atoms with Gasteiger partial charge in [0.2, 0.25) is 0 Å². The number of hydrogen-bond donors (Lipinski definition) is 0. The maximum absolute atomic E-state index is 5.52. The minimum absolute atomic E-state index is 0.457. The van der Waals surface area contributed by atoms with Crippen molar-refractivity contribution in [1.82, 2.24) is 4.67 Å². The van der Waals surface area contributed by atoms with Crippen molar-refractivity contribution in [3.63, 3.8) is 0 Å². The number of rotatable bonds is 4. The summed E-state index contributed by atoms with van der Waals surface area (Å²) < 4.78 is 8.11. The molecule has 3 heteroatoms. The molecule has 1 heterocycles. The molecule has 2 nitrogen and oxygen atoms in total. The van der Waals surface area contributed by atoms with Gasteiger partial charge in [-0.05, 0) is 30.5 Å². The lowest BCUT2D eigenvalue weighted by Crippen LogP contribution is -2.37. The van der Waals surface area contributed by atoms with Gasteiger partial charge in [0.1, 0.15) is 0 Å². The van der Waals surface area contributed by atoms with Gasteiger partial charge >= 0.3 is 0 Å². The van der Waals surface area contributed by atoms with Gasteiger partial charge in [-0.1, -0.05) is 60.7 Å². The highest BCUT2D eigenvalue weighted by Gasteiger charge is 2.27. The van der Waals surface area contributed by atoms with Crippen LogP contribution < -0.4 is 10.6 Å². The van der Waals surface area contributed by atoms with E-state index in [2.05, 4.69) is 72.4 Å². The van der Waals surface area contributed by atoms with Gasteiger partial charge in [0.25, 0.3) is 0 Å². The van der Waals surface area contributed by atoms with Crippen molar-refractivity contribution in [1.29, 1.82) is 0 Å². The highest BCUT2D eigenvalue weighted by Crippen LogP contribution is 2.40. The largest absolute Gasteiger partial charge is 0.381 e. The monoisotopic (exact) mass is 299 g/mol. The molecule has 0 amide bonds. The van der Waals surface area contributed by atoms with Gasteiger partial charge in [0, 0.05) is 27.3 Å². The highest BCUT2D eigenvalue weighted by molar-refractivity contribution is 7.70. The van der Waals surface area contributed by atoms with Crippen LogP contribution in [0.1, 0.15) is 12.8 Å². The lowest BCUT2D eigenvalue weighted by Gasteiger charge is -2.37. The van der Waals surface area contributed by atoms with E-state index < -0.39 is 8.07 Å². The zero-order chi connectivity index (χ0) is 14.5. The van der Waals surface area contributed by atoms with Crippen LogP contribution in [0.5, 0.6) is 0 Å². The third kappa shape index (κ3) is 3.52. The Labute approximate surface area is 128 Å². The van der Waals surface area contributed by atoms with Crippen LogP contribution in [0, 0.1) is 0 Å². The van der Waals surface area contributed by atoms with Crippen LogP contribution >= 0.6 is 8.07 Å². The number of nitrogens with zero attached hydrogens (tertiary/aromatic N) is 1. The maximum atomic E-state index is 5.52. The highest BCUT2D eigenvalue weighted by atomic mass is 31.1. The first-order valence-corrected chi connectivity index (χ1v) is 8.86. The van der Waals surface area contributed by atoms with Crippen LogP contribution in [0.3, 0.4) is 0 Å². The lowest BCUT2D eigenvalue weighted by atomic mass is 10.1. The Hall–Kier alpha value is -1.21. The summed E-state index contributed by atoms with van der Waals surface area (Å²) in [5.41, 5.74) is 0. The molecule has 1 aliphatic rings. The smallest absolute Gasteiger partial charge is 0.0481 e. The van der Waals surface area contributed by atoms with Crippen LogP contribution in [-0.4, -0.2) is 31.0 Å². The quantitative estimate of drug-likeness (QED) is 0.804. The summed E-state index contributed by atoms with van der Waals surface area (Å²) in [4.78, 5) is 0. The van der Waals surface area contributed by atoms with E-state index in [0.29, 0.717) is 6.04 Å². The van der Waals surface area contributed by atoms with Gasteiger partial charge < -0.3 is 4.74 Å². The molecule has 1 aliphatic heterocycles. The number of benzene rings is 2. The molecule has 0 saturated carbocycles. The average Bonchev–Trinajstić information content (AvgIpc) is 2.58. The predicted molar refractivity (Wildman–Crippen MR) is 90.7 cm³/mol. The standard InChI is InChI=1S/C18H22NOP/c1-19(16-12-14-20-15-13-16)21(17-8-4-2-5-9-17)18-10-6-3-7-11-18/h2-11,16H,12-15H2,1H3. The number of ether oxygens (including phenoxy) is 1. The molecule has 0 N–H and O–H groups in total. The Kier molecular flexibility index (Phi) is 5.03. The second-order valence-electron chi connectivity index (χ2n) is 5.40. The van der Waals surface area contributed by atoms with Crippen LogP contribution in [0.2, 0.25) is 0 Å². The van der Waals surface area contributed by atoms with Crippen molar-refractivity contribution >= 4 is 18.7 Å². The predicted octanol–water partition coefficient (Wildman–Crippen LogP) is 3.15. The van der Waals surface area contributed by atoms with Crippen molar-refractivity contribution in [2.24, 2.45) is 0 Å². The van der Waals surface area contributed by atoms with E-state index in [4.69, 9.17) is 4.74 Å². The van der Waals surface area contributed by atoms with Crippen LogP contribution in [0.25, 0.3) is 0 Å². The average molecular weight is 299 g/mol. The molecule has 1 fully saturated rings. The SMILES string of the molecule is CN(C1CCOCC1)P(c1ccccc1)c1ccccc1. The molecule has 0 aromatic heterocycles. The summed E-state index contributed by atoms with van der Waals surface area (Å²) in [7, 11) is 1.82. The van der Waals surface area contributed by atoms with Crippen LogP contribution in [0.4, 0.5) is 0 Å². The van der Waals surface area contributed by atoms with Gasteiger partial charge in [-0.2, -0.15) is 0 Å². The molecule has 0 aliphatic carbocycles. The Morgan fingerprint density at radius 2 is 1.33 bits per heavy atom. The normalized spacial score (nSPS) is 16.5. The third-order valence-corrected chi connectivity index (χ3v) is 6.57. The van der Waals surface area contributed by atoms with Crippen molar-refractivity contribution in [3.8, 4) is 0 Å². The van der Waals surface area contributed by atoms with Crippen molar-refractivity contribution in [3.05, 3.63) is 60.7 Å². The van der Waals surface area contributed by atoms with E-state index in [1.54, 1.807) is 0 Å². The lowest BCUT2D eigenvalue weighted by molar-refractivity contribution is 0.0644. The Bertz CT molecular complexity index is 500. The first kappa shape index (κ1) is 14.7. The minimum Gasteiger partial charge on any atom is -0.381 e. The second-order valence-corrected chi connectivity index (χ2v) is 7.69. The summed E-state index contributed by atoms with van der Waals surface area (Å²) in [6.45, 7) is 1.78. The molecule has 0 spiro atoms. The molecule has 0 bridgehead atoms. The fourth-order valence-corrected chi connectivity index (χ4v) is 5.37. The zero-order valence-electron chi connectivity index (χ0n) is 12.5. The topological polar surface area (TPSA) is 12.5 Å². The van der Waals surface area contributed by atoms with Crippen molar-refractivity contribution in [2.45, 2.75) is 18.9 Å². The summed E-state index contributed by atoms with van der Waals surface area (Å²) in [5.74, 6) is 0. The Morgan fingerprint density at radius 1 is 0.857 bits per heavy atom. The Morgan fingerprint density at radius 3 is 1.81 bits per heavy atom. The van der Waals surface area contributed by atoms with E-state index in [1.165, 1.54) is 10.6 Å². The van der Waals surface area contributed by atoms with E-state index >= 15 is 0 Å². The summed E-state index contributed by atoms with van der Waals surface area (Å²) in [5, 5.41) is 2.85. The van der Waals surface area contributed by atoms with E-state index in [-0.39, 0.29) is 0 Å². The van der Waals surface area contributed by atoms with Gasteiger partial charge in [-0.25, -0.2) is 0 Å². The molecule has 0 atom stereocenters. The first-order chi connectivity index (χ1) is 10.4. The molecular weight excluding hydrogens is 277 g/mol. The summed E-state index contributed by atoms with van der Waals surface area (Å²) in [6.07, 6.45) is 2.27. The van der Waals surface area contributed by atoms with E-state index in [1.807, 2.05) is 0 Å².